The maximum absolute atomic E-state index is 11.6. The van der Waals surface area contributed by atoms with Crippen LogP contribution < -0.4 is 10.6 Å². The first-order chi connectivity index (χ1) is 11.3. The highest BCUT2D eigenvalue weighted by Crippen LogP contribution is 2.13. The zero-order valence-corrected chi connectivity index (χ0v) is 15.3. The predicted octanol–water partition coefficient (Wildman–Crippen LogP) is 1.95. The van der Waals surface area contributed by atoms with E-state index in [0.29, 0.717) is 24.9 Å². The molecule has 2 N–H and O–H groups in total. The minimum absolute atomic E-state index is 0.0574. The molecular weight excluding hydrogens is 334 g/mol. The summed E-state index contributed by atoms with van der Waals surface area (Å²) in [5.41, 5.74) is 0.348. The number of thiazole rings is 1. The van der Waals surface area contributed by atoms with Crippen molar-refractivity contribution in [2.45, 2.75) is 33.3 Å². The number of carbonyl (C=O) groups is 2. The molecule has 0 atom stereocenters. The van der Waals surface area contributed by atoms with Crippen molar-refractivity contribution < 1.29 is 23.8 Å². The van der Waals surface area contributed by atoms with Crippen molar-refractivity contribution in [3.8, 4) is 0 Å². The fourth-order valence-corrected chi connectivity index (χ4v) is 2.20. The molecule has 0 unspecified atom stereocenters. The maximum Gasteiger partial charge on any atom is 0.407 e. The molecule has 8 nitrogen and oxygen atoms in total. The van der Waals surface area contributed by atoms with Crippen LogP contribution in [-0.4, -0.2) is 55.6 Å². The van der Waals surface area contributed by atoms with Crippen LogP contribution in [0, 0.1) is 6.92 Å². The summed E-state index contributed by atoms with van der Waals surface area (Å²) in [6.07, 6.45) is -0.476. The summed E-state index contributed by atoms with van der Waals surface area (Å²) >= 11 is 1.37. The largest absolute Gasteiger partial charge is 0.444 e. The van der Waals surface area contributed by atoms with Gasteiger partial charge in [0, 0.05) is 11.9 Å². The van der Waals surface area contributed by atoms with E-state index in [9.17, 15) is 9.59 Å². The lowest BCUT2D eigenvalue weighted by Gasteiger charge is -2.19. The van der Waals surface area contributed by atoms with Crippen LogP contribution in [-0.2, 0) is 19.0 Å². The molecule has 0 fully saturated rings. The second-order valence-electron chi connectivity index (χ2n) is 5.94. The van der Waals surface area contributed by atoms with E-state index in [-0.39, 0.29) is 19.1 Å². The second-order valence-corrected chi connectivity index (χ2v) is 6.79. The van der Waals surface area contributed by atoms with Crippen LogP contribution in [0.5, 0.6) is 0 Å². The molecule has 0 spiro atoms. The molecule has 136 valence electrons. The number of carbonyl (C=O) groups excluding carboxylic acids is 2. The summed E-state index contributed by atoms with van der Waals surface area (Å²) < 4.78 is 15.6. The number of nitrogens with one attached hydrogen (secondary N) is 2. The van der Waals surface area contributed by atoms with Crippen LogP contribution in [0.25, 0.3) is 0 Å². The molecule has 1 aromatic rings. The normalized spacial score (nSPS) is 11.2. The van der Waals surface area contributed by atoms with Crippen molar-refractivity contribution in [1.82, 2.24) is 10.3 Å². The highest BCUT2D eigenvalue weighted by Gasteiger charge is 2.15. The second kappa shape index (κ2) is 10.2. The van der Waals surface area contributed by atoms with Crippen LogP contribution in [0.3, 0.4) is 0 Å². The summed E-state index contributed by atoms with van der Waals surface area (Å²) in [5.74, 6) is -0.254. The molecule has 2 amide bonds. The van der Waals surface area contributed by atoms with Gasteiger partial charge >= 0.3 is 6.09 Å². The molecule has 0 radical (unpaired) electrons. The van der Waals surface area contributed by atoms with Crippen LogP contribution in [0.1, 0.15) is 26.5 Å². The highest BCUT2D eigenvalue weighted by atomic mass is 32.1. The molecule has 0 aliphatic carbocycles. The van der Waals surface area contributed by atoms with Crippen LogP contribution >= 0.6 is 11.3 Å². The van der Waals surface area contributed by atoms with Gasteiger partial charge in [-0.1, -0.05) is 0 Å². The van der Waals surface area contributed by atoms with Crippen molar-refractivity contribution in [3.05, 3.63) is 11.1 Å². The minimum atomic E-state index is -0.517. The van der Waals surface area contributed by atoms with Crippen molar-refractivity contribution in [2.75, 3.05) is 38.3 Å². The zero-order chi connectivity index (χ0) is 18.0. The number of hydrogen-bond acceptors (Lipinski definition) is 7. The van der Waals surface area contributed by atoms with Gasteiger partial charge in [-0.05, 0) is 27.7 Å². The Morgan fingerprint density at radius 3 is 2.54 bits per heavy atom. The van der Waals surface area contributed by atoms with E-state index < -0.39 is 11.7 Å². The summed E-state index contributed by atoms with van der Waals surface area (Å²) in [6, 6.07) is 0. The van der Waals surface area contributed by atoms with E-state index in [2.05, 4.69) is 15.6 Å². The quantitative estimate of drug-likeness (QED) is 0.654. The van der Waals surface area contributed by atoms with Gasteiger partial charge in [-0.15, -0.1) is 11.3 Å². The standard InChI is InChI=1S/C15H25N3O5S/c1-11-10-24-13(17-11)18-12(19)9-22-8-7-21-6-5-16-14(20)23-15(2,3)4/h10H,5-9H2,1-4H3,(H,16,20)(H,17,18,19). The first-order valence-electron chi connectivity index (χ1n) is 7.60. The Morgan fingerprint density at radius 2 is 1.92 bits per heavy atom. The van der Waals surface area contributed by atoms with E-state index in [0.717, 1.165) is 5.69 Å². The smallest absolute Gasteiger partial charge is 0.407 e. The summed E-state index contributed by atoms with van der Waals surface area (Å²) in [6.45, 7) is 8.50. The highest BCUT2D eigenvalue weighted by molar-refractivity contribution is 7.13. The van der Waals surface area contributed by atoms with Crippen molar-refractivity contribution in [1.29, 1.82) is 0 Å². The van der Waals surface area contributed by atoms with E-state index >= 15 is 0 Å². The third kappa shape index (κ3) is 10.1. The minimum Gasteiger partial charge on any atom is -0.444 e. The third-order valence-corrected chi connectivity index (χ3v) is 3.26. The molecule has 1 rings (SSSR count). The maximum atomic E-state index is 11.6. The zero-order valence-electron chi connectivity index (χ0n) is 14.5. The Kier molecular flexibility index (Phi) is 8.66. The molecule has 0 aromatic carbocycles. The van der Waals surface area contributed by atoms with E-state index in [4.69, 9.17) is 14.2 Å². The monoisotopic (exact) mass is 359 g/mol. The van der Waals surface area contributed by atoms with Crippen molar-refractivity contribution in [2.24, 2.45) is 0 Å². The van der Waals surface area contributed by atoms with Crippen LogP contribution in [0.15, 0.2) is 5.38 Å². The molecule has 9 heteroatoms. The van der Waals surface area contributed by atoms with Gasteiger partial charge in [0.2, 0.25) is 0 Å². The van der Waals surface area contributed by atoms with E-state index in [1.165, 1.54) is 11.3 Å². The van der Waals surface area contributed by atoms with E-state index in [1.54, 1.807) is 20.8 Å². The fourth-order valence-electron chi connectivity index (χ4n) is 1.49. The average molecular weight is 359 g/mol. The Balaban J connectivity index is 1.95. The number of rotatable bonds is 9. The van der Waals surface area contributed by atoms with Gasteiger partial charge in [0.05, 0.1) is 25.5 Å². The van der Waals surface area contributed by atoms with Gasteiger partial charge in [-0.2, -0.15) is 0 Å². The topological polar surface area (TPSA) is 98.8 Å². The molecule has 0 saturated carbocycles. The Bertz CT molecular complexity index is 527. The molecule has 1 heterocycles. The lowest BCUT2D eigenvalue weighted by molar-refractivity contribution is -0.121. The summed E-state index contributed by atoms with van der Waals surface area (Å²) in [4.78, 5) is 27.1. The Morgan fingerprint density at radius 1 is 1.21 bits per heavy atom. The predicted molar refractivity (Wildman–Crippen MR) is 91.4 cm³/mol. The van der Waals surface area contributed by atoms with Crippen LogP contribution in [0.4, 0.5) is 9.93 Å². The molecule has 0 saturated heterocycles. The van der Waals surface area contributed by atoms with Crippen molar-refractivity contribution in [3.63, 3.8) is 0 Å². The Labute approximate surface area is 145 Å². The van der Waals surface area contributed by atoms with Gasteiger partial charge in [-0.3, -0.25) is 10.1 Å². The molecule has 24 heavy (non-hydrogen) atoms. The van der Waals surface area contributed by atoms with Gasteiger partial charge < -0.3 is 19.5 Å². The number of alkyl carbamates (subject to hydrolysis) is 1. The van der Waals surface area contributed by atoms with Crippen LogP contribution in [0.2, 0.25) is 0 Å². The number of amides is 2. The van der Waals surface area contributed by atoms with E-state index in [1.807, 2.05) is 12.3 Å². The molecular formula is C15H25N3O5S. The Hall–Kier alpha value is -1.71. The summed E-state index contributed by atoms with van der Waals surface area (Å²) in [7, 11) is 0. The lowest BCUT2D eigenvalue weighted by atomic mass is 10.2. The van der Waals surface area contributed by atoms with Gasteiger partial charge in [0.25, 0.3) is 5.91 Å². The first-order valence-corrected chi connectivity index (χ1v) is 8.48. The van der Waals surface area contributed by atoms with Gasteiger partial charge in [0.15, 0.2) is 5.13 Å². The summed E-state index contributed by atoms with van der Waals surface area (Å²) in [5, 5.41) is 7.64. The molecule has 0 aliphatic heterocycles. The average Bonchev–Trinajstić information content (AvgIpc) is 2.85. The lowest BCUT2D eigenvalue weighted by Crippen LogP contribution is -2.34. The molecule has 0 bridgehead atoms. The fraction of sp³-hybridized carbons (Fsp3) is 0.667. The number of hydrogen-bond donors (Lipinski definition) is 2. The number of ether oxygens (including phenoxy) is 3. The van der Waals surface area contributed by atoms with Crippen molar-refractivity contribution >= 4 is 28.5 Å². The van der Waals surface area contributed by atoms with Gasteiger partial charge in [-0.25, -0.2) is 9.78 Å². The third-order valence-electron chi connectivity index (χ3n) is 2.39. The molecule has 1 aromatic heterocycles. The number of anilines is 1. The molecule has 0 aliphatic rings. The first kappa shape index (κ1) is 20.3. The number of aromatic nitrogens is 1. The number of nitrogens with zero attached hydrogens (tertiary/aromatic N) is 1. The SMILES string of the molecule is Cc1csc(NC(=O)COCCOCCNC(=O)OC(C)(C)C)n1. The number of aryl methyl sites for hydroxylation is 1. The van der Waals surface area contributed by atoms with Gasteiger partial charge in [0.1, 0.15) is 12.2 Å².